The Morgan fingerprint density at radius 2 is 1.85 bits per heavy atom. The molecule has 3 rings (SSSR count). The molecule has 0 fully saturated rings. The van der Waals surface area contributed by atoms with Crippen LogP contribution in [0.15, 0.2) is 30.6 Å². The Bertz CT molecular complexity index is 590. The number of aryl methyl sites for hydroxylation is 3. The topological polar surface area (TPSA) is 30.9 Å². The Kier molecular flexibility index (Phi) is 3.66. The summed E-state index contributed by atoms with van der Waals surface area (Å²) < 4.78 is 2.31. The SMILES string of the molecule is Cc1cc(C)cc(Cn2cc3c(c2)C(N)CCCC3)c1. The van der Waals surface area contributed by atoms with E-state index in [1.807, 2.05) is 0 Å². The quantitative estimate of drug-likeness (QED) is 0.823. The van der Waals surface area contributed by atoms with E-state index in [4.69, 9.17) is 5.73 Å². The van der Waals surface area contributed by atoms with Gasteiger partial charge >= 0.3 is 0 Å². The molecule has 1 aliphatic carbocycles. The zero-order valence-electron chi connectivity index (χ0n) is 12.5. The second kappa shape index (κ2) is 5.45. The normalized spacial score (nSPS) is 18.6. The van der Waals surface area contributed by atoms with Crippen LogP contribution < -0.4 is 5.73 Å². The number of benzene rings is 1. The van der Waals surface area contributed by atoms with Crippen molar-refractivity contribution in [1.82, 2.24) is 4.57 Å². The number of hydrogen-bond donors (Lipinski definition) is 1. The predicted molar refractivity (Wildman–Crippen MR) is 83.9 cm³/mol. The van der Waals surface area contributed by atoms with Crippen molar-refractivity contribution in [2.75, 3.05) is 0 Å². The van der Waals surface area contributed by atoms with E-state index >= 15 is 0 Å². The van der Waals surface area contributed by atoms with Gasteiger partial charge in [-0.1, -0.05) is 35.7 Å². The van der Waals surface area contributed by atoms with E-state index in [0.717, 1.165) is 13.0 Å². The van der Waals surface area contributed by atoms with Gasteiger partial charge in [0.2, 0.25) is 0 Å². The number of fused-ring (bicyclic) bond motifs is 1. The molecule has 2 heteroatoms. The summed E-state index contributed by atoms with van der Waals surface area (Å²) in [6, 6.07) is 7.01. The van der Waals surface area contributed by atoms with E-state index in [-0.39, 0.29) is 6.04 Å². The fraction of sp³-hybridized carbons (Fsp3) is 0.444. The number of hydrogen-bond acceptors (Lipinski definition) is 1. The number of aromatic nitrogens is 1. The van der Waals surface area contributed by atoms with Crippen LogP contribution in [0.3, 0.4) is 0 Å². The summed E-state index contributed by atoms with van der Waals surface area (Å²) in [5.41, 5.74) is 13.2. The molecule has 20 heavy (non-hydrogen) atoms. The van der Waals surface area contributed by atoms with Gasteiger partial charge < -0.3 is 10.3 Å². The lowest BCUT2D eigenvalue weighted by Crippen LogP contribution is -2.09. The average Bonchev–Trinajstić information content (AvgIpc) is 2.68. The maximum Gasteiger partial charge on any atom is 0.0470 e. The molecule has 0 amide bonds. The Balaban J connectivity index is 1.86. The van der Waals surface area contributed by atoms with Crippen molar-refractivity contribution in [3.8, 4) is 0 Å². The van der Waals surface area contributed by atoms with E-state index in [9.17, 15) is 0 Å². The summed E-state index contributed by atoms with van der Waals surface area (Å²) in [5, 5.41) is 0. The minimum atomic E-state index is 0.230. The van der Waals surface area contributed by atoms with Gasteiger partial charge in [-0.05, 0) is 49.8 Å². The first-order chi connectivity index (χ1) is 9.61. The maximum absolute atomic E-state index is 6.29. The van der Waals surface area contributed by atoms with Gasteiger partial charge in [-0.25, -0.2) is 0 Å². The third-order valence-corrected chi connectivity index (χ3v) is 4.25. The highest BCUT2D eigenvalue weighted by Crippen LogP contribution is 2.28. The molecule has 0 saturated heterocycles. The summed E-state index contributed by atoms with van der Waals surface area (Å²) in [4.78, 5) is 0. The van der Waals surface area contributed by atoms with Gasteiger partial charge in [-0.2, -0.15) is 0 Å². The summed E-state index contributed by atoms with van der Waals surface area (Å²) in [5.74, 6) is 0. The first-order valence-electron chi connectivity index (χ1n) is 7.63. The molecule has 106 valence electrons. The molecule has 0 spiro atoms. The number of nitrogens with two attached hydrogens (primary N) is 1. The average molecular weight is 268 g/mol. The standard InChI is InChI=1S/C18H24N2/c1-13-7-14(2)9-15(8-13)10-20-11-16-5-3-4-6-18(19)17(16)12-20/h7-9,11-12,18H,3-6,10,19H2,1-2H3. The first-order valence-corrected chi connectivity index (χ1v) is 7.63. The molecule has 1 unspecified atom stereocenters. The van der Waals surface area contributed by atoms with Gasteiger partial charge in [0.25, 0.3) is 0 Å². The van der Waals surface area contributed by atoms with E-state index in [0.29, 0.717) is 0 Å². The van der Waals surface area contributed by atoms with Crippen LogP contribution in [0, 0.1) is 13.8 Å². The lowest BCUT2D eigenvalue weighted by Gasteiger charge is -2.08. The molecule has 1 heterocycles. The smallest absolute Gasteiger partial charge is 0.0470 e. The number of nitrogens with zero attached hydrogens (tertiary/aromatic N) is 1. The van der Waals surface area contributed by atoms with Gasteiger partial charge in [0, 0.05) is 25.0 Å². The molecule has 1 aliphatic rings. The van der Waals surface area contributed by atoms with Crippen molar-refractivity contribution in [2.24, 2.45) is 5.73 Å². The van der Waals surface area contributed by atoms with E-state index in [1.165, 1.54) is 47.1 Å². The third kappa shape index (κ3) is 2.80. The maximum atomic E-state index is 6.29. The zero-order chi connectivity index (χ0) is 14.1. The van der Waals surface area contributed by atoms with Gasteiger partial charge in [0.15, 0.2) is 0 Å². The molecule has 1 aromatic carbocycles. The van der Waals surface area contributed by atoms with Gasteiger partial charge in [-0.3, -0.25) is 0 Å². The van der Waals surface area contributed by atoms with Crippen molar-refractivity contribution in [2.45, 2.75) is 52.1 Å². The van der Waals surface area contributed by atoms with Crippen molar-refractivity contribution in [3.63, 3.8) is 0 Å². The molecule has 2 nitrogen and oxygen atoms in total. The van der Waals surface area contributed by atoms with Gasteiger partial charge in [0.1, 0.15) is 0 Å². The summed E-state index contributed by atoms with van der Waals surface area (Å²) in [7, 11) is 0. The van der Waals surface area contributed by atoms with Crippen LogP contribution >= 0.6 is 0 Å². The van der Waals surface area contributed by atoms with Gasteiger partial charge in [-0.15, -0.1) is 0 Å². The largest absolute Gasteiger partial charge is 0.349 e. The Morgan fingerprint density at radius 3 is 2.60 bits per heavy atom. The summed E-state index contributed by atoms with van der Waals surface area (Å²) in [6.07, 6.45) is 9.41. The molecule has 2 aromatic rings. The van der Waals surface area contributed by atoms with Crippen LogP contribution in [0.2, 0.25) is 0 Å². The highest BCUT2D eigenvalue weighted by molar-refractivity contribution is 5.32. The Morgan fingerprint density at radius 1 is 1.10 bits per heavy atom. The molecule has 0 saturated carbocycles. The second-order valence-electron chi connectivity index (χ2n) is 6.26. The second-order valence-corrected chi connectivity index (χ2v) is 6.26. The third-order valence-electron chi connectivity index (χ3n) is 4.25. The molecule has 1 aromatic heterocycles. The van der Waals surface area contributed by atoms with Crippen LogP contribution in [0.1, 0.15) is 53.1 Å². The Hall–Kier alpha value is -1.54. The monoisotopic (exact) mass is 268 g/mol. The fourth-order valence-corrected chi connectivity index (χ4v) is 3.41. The molecular weight excluding hydrogens is 244 g/mol. The molecule has 0 aliphatic heterocycles. The van der Waals surface area contributed by atoms with E-state index < -0.39 is 0 Å². The highest BCUT2D eigenvalue weighted by atomic mass is 14.9. The lowest BCUT2D eigenvalue weighted by atomic mass is 10.1. The highest BCUT2D eigenvalue weighted by Gasteiger charge is 2.17. The Labute approximate surface area is 121 Å². The predicted octanol–water partition coefficient (Wildman–Crippen LogP) is 3.88. The number of rotatable bonds is 2. The summed E-state index contributed by atoms with van der Waals surface area (Å²) >= 11 is 0. The van der Waals surface area contributed by atoms with Crippen LogP contribution in [-0.4, -0.2) is 4.57 Å². The van der Waals surface area contributed by atoms with Crippen LogP contribution in [0.4, 0.5) is 0 Å². The van der Waals surface area contributed by atoms with E-state index in [2.05, 4.69) is 49.0 Å². The van der Waals surface area contributed by atoms with Crippen molar-refractivity contribution < 1.29 is 0 Å². The molecule has 1 atom stereocenters. The lowest BCUT2D eigenvalue weighted by molar-refractivity contribution is 0.610. The van der Waals surface area contributed by atoms with Crippen LogP contribution in [0.5, 0.6) is 0 Å². The van der Waals surface area contributed by atoms with Crippen molar-refractivity contribution in [1.29, 1.82) is 0 Å². The van der Waals surface area contributed by atoms with Crippen molar-refractivity contribution in [3.05, 3.63) is 58.4 Å². The summed E-state index contributed by atoms with van der Waals surface area (Å²) in [6.45, 7) is 5.27. The van der Waals surface area contributed by atoms with Gasteiger partial charge in [0.05, 0.1) is 0 Å². The van der Waals surface area contributed by atoms with Crippen molar-refractivity contribution >= 4 is 0 Å². The van der Waals surface area contributed by atoms with Crippen LogP contribution in [-0.2, 0) is 13.0 Å². The zero-order valence-corrected chi connectivity index (χ0v) is 12.5. The first kappa shape index (κ1) is 13.4. The molecule has 0 radical (unpaired) electrons. The van der Waals surface area contributed by atoms with Crippen LogP contribution in [0.25, 0.3) is 0 Å². The minimum absolute atomic E-state index is 0.230. The molecule has 2 N–H and O–H groups in total. The fourth-order valence-electron chi connectivity index (χ4n) is 3.41. The molecular formula is C18H24N2. The minimum Gasteiger partial charge on any atom is -0.349 e. The van der Waals surface area contributed by atoms with E-state index in [1.54, 1.807) is 0 Å². The molecule has 0 bridgehead atoms.